The Morgan fingerprint density at radius 3 is 2.84 bits per heavy atom. The topological polar surface area (TPSA) is 70.2 Å². The molecule has 7 nitrogen and oxygen atoms in total. The lowest BCUT2D eigenvalue weighted by Crippen LogP contribution is -2.38. The number of hydrogen-bond acceptors (Lipinski definition) is 6. The van der Waals surface area contributed by atoms with Crippen LogP contribution < -0.4 is 4.90 Å². The molecule has 1 aliphatic heterocycles. The maximum atomic E-state index is 6.06. The third kappa shape index (κ3) is 4.15. The van der Waals surface area contributed by atoms with Crippen molar-refractivity contribution in [1.82, 2.24) is 25.1 Å². The van der Waals surface area contributed by atoms with Crippen LogP contribution in [0, 0.1) is 0 Å². The summed E-state index contributed by atoms with van der Waals surface area (Å²) in [5, 5.41) is 8.15. The first-order chi connectivity index (χ1) is 15.2. The number of morpholine rings is 1. The molecule has 5 rings (SSSR count). The van der Waals surface area contributed by atoms with E-state index in [0.29, 0.717) is 6.61 Å². The fourth-order valence-electron chi connectivity index (χ4n) is 4.09. The van der Waals surface area contributed by atoms with Gasteiger partial charge >= 0.3 is 0 Å². The zero-order valence-corrected chi connectivity index (χ0v) is 17.8. The first kappa shape index (κ1) is 19.7. The molecule has 3 aromatic heterocycles. The Hall–Kier alpha value is -3.29. The van der Waals surface area contributed by atoms with Gasteiger partial charge in [0.2, 0.25) is 0 Å². The number of nitrogens with zero attached hydrogens (tertiary/aromatic N) is 5. The van der Waals surface area contributed by atoms with Crippen molar-refractivity contribution < 1.29 is 4.74 Å². The number of ether oxygens (including phenoxy) is 1. The largest absolute Gasteiger partial charge is 0.369 e. The van der Waals surface area contributed by atoms with Crippen LogP contribution in [-0.2, 0) is 11.3 Å². The van der Waals surface area contributed by atoms with Crippen molar-refractivity contribution in [3.63, 3.8) is 0 Å². The Kier molecular flexibility index (Phi) is 5.36. The van der Waals surface area contributed by atoms with E-state index in [0.717, 1.165) is 47.9 Å². The van der Waals surface area contributed by atoms with E-state index in [4.69, 9.17) is 9.72 Å². The second-order valence-corrected chi connectivity index (χ2v) is 8.09. The summed E-state index contributed by atoms with van der Waals surface area (Å²) >= 11 is 0. The molecule has 1 N–H and O–H groups in total. The number of para-hydroxylation sites is 1. The Bertz CT molecular complexity index is 1160. The van der Waals surface area contributed by atoms with Crippen LogP contribution >= 0.6 is 0 Å². The van der Waals surface area contributed by atoms with Gasteiger partial charge in [0, 0.05) is 62.6 Å². The van der Waals surface area contributed by atoms with Gasteiger partial charge in [0.1, 0.15) is 11.9 Å². The molecule has 31 heavy (non-hydrogen) atoms. The summed E-state index contributed by atoms with van der Waals surface area (Å²) in [5.74, 6) is 1.02. The van der Waals surface area contributed by atoms with E-state index >= 15 is 0 Å². The lowest BCUT2D eigenvalue weighted by Gasteiger charge is -2.33. The summed E-state index contributed by atoms with van der Waals surface area (Å²) in [7, 11) is 4.10. The van der Waals surface area contributed by atoms with E-state index in [-0.39, 0.29) is 6.10 Å². The highest BCUT2D eigenvalue weighted by atomic mass is 16.5. The minimum Gasteiger partial charge on any atom is -0.369 e. The number of aromatic nitrogens is 4. The molecule has 0 aliphatic carbocycles. The molecular formula is C24H26N6O. The van der Waals surface area contributed by atoms with Crippen LogP contribution in [-0.4, -0.2) is 58.9 Å². The highest BCUT2D eigenvalue weighted by Crippen LogP contribution is 2.27. The summed E-state index contributed by atoms with van der Waals surface area (Å²) < 4.78 is 6.06. The Labute approximate surface area is 181 Å². The van der Waals surface area contributed by atoms with Gasteiger partial charge in [0.05, 0.1) is 23.5 Å². The number of pyridine rings is 2. The van der Waals surface area contributed by atoms with Crippen LogP contribution in [0.15, 0.2) is 60.9 Å². The summed E-state index contributed by atoms with van der Waals surface area (Å²) in [5.41, 5.74) is 5.19. The van der Waals surface area contributed by atoms with Gasteiger partial charge in [-0.25, -0.2) is 4.98 Å². The predicted molar refractivity (Wildman–Crippen MR) is 122 cm³/mol. The van der Waals surface area contributed by atoms with Crippen LogP contribution in [0.3, 0.4) is 0 Å². The van der Waals surface area contributed by atoms with Crippen molar-refractivity contribution in [3.8, 4) is 11.3 Å². The number of H-pyrrole nitrogens is 1. The van der Waals surface area contributed by atoms with Crippen LogP contribution in [0.2, 0.25) is 0 Å². The van der Waals surface area contributed by atoms with Crippen molar-refractivity contribution in [1.29, 1.82) is 0 Å². The van der Waals surface area contributed by atoms with E-state index in [1.165, 1.54) is 10.9 Å². The number of anilines is 1. The van der Waals surface area contributed by atoms with Gasteiger partial charge in [0.15, 0.2) is 0 Å². The second-order valence-electron chi connectivity index (χ2n) is 8.09. The molecule has 0 bridgehead atoms. The second kappa shape index (κ2) is 8.45. The minimum absolute atomic E-state index is 0.0409. The Morgan fingerprint density at radius 1 is 1.16 bits per heavy atom. The van der Waals surface area contributed by atoms with E-state index in [2.05, 4.69) is 55.3 Å². The number of hydrogen-bond donors (Lipinski definition) is 1. The summed E-state index contributed by atoms with van der Waals surface area (Å²) in [4.78, 5) is 14.1. The van der Waals surface area contributed by atoms with E-state index in [1.54, 1.807) is 6.20 Å². The fourth-order valence-corrected chi connectivity index (χ4v) is 4.09. The average Bonchev–Trinajstić information content (AvgIpc) is 3.34. The third-order valence-corrected chi connectivity index (χ3v) is 5.68. The minimum atomic E-state index is -0.0409. The normalized spacial score (nSPS) is 17.2. The van der Waals surface area contributed by atoms with E-state index < -0.39 is 0 Å². The first-order valence-electron chi connectivity index (χ1n) is 10.5. The quantitative estimate of drug-likeness (QED) is 0.537. The number of benzene rings is 1. The molecule has 0 amide bonds. The first-order valence-corrected chi connectivity index (χ1v) is 10.5. The molecule has 1 atom stereocenters. The molecule has 0 spiro atoms. The molecule has 7 heteroatoms. The zero-order chi connectivity index (χ0) is 21.2. The molecule has 1 aromatic carbocycles. The molecule has 0 saturated carbocycles. The van der Waals surface area contributed by atoms with Gasteiger partial charge in [-0.3, -0.25) is 15.0 Å². The molecule has 0 unspecified atom stereocenters. The van der Waals surface area contributed by atoms with Crippen molar-refractivity contribution in [3.05, 3.63) is 72.2 Å². The Balaban J connectivity index is 1.34. The SMILES string of the molecule is CN(C)c1nc2ccccc2cc1CN1CCO[C@@H](c2ccc(-c3ccn[nH]3)cn2)C1. The van der Waals surface area contributed by atoms with Gasteiger partial charge in [-0.2, -0.15) is 5.10 Å². The molecule has 158 valence electrons. The van der Waals surface area contributed by atoms with Crippen LogP contribution in [0.5, 0.6) is 0 Å². The maximum Gasteiger partial charge on any atom is 0.133 e. The average molecular weight is 415 g/mol. The van der Waals surface area contributed by atoms with E-state index in [1.807, 2.05) is 38.5 Å². The van der Waals surface area contributed by atoms with Gasteiger partial charge in [0.25, 0.3) is 0 Å². The van der Waals surface area contributed by atoms with E-state index in [9.17, 15) is 0 Å². The smallest absolute Gasteiger partial charge is 0.133 e. The summed E-state index contributed by atoms with van der Waals surface area (Å²) in [6, 6.07) is 16.6. The number of aromatic amines is 1. The summed E-state index contributed by atoms with van der Waals surface area (Å²) in [6.07, 6.45) is 3.58. The van der Waals surface area contributed by atoms with Gasteiger partial charge in [-0.05, 0) is 30.3 Å². The molecule has 1 aliphatic rings. The lowest BCUT2D eigenvalue weighted by atomic mass is 10.1. The standard InChI is InChI=1S/C24H26N6O/c1-29(2)24-19(13-17-5-3-4-6-20(17)27-24)15-30-11-12-31-23(16-30)22-8-7-18(14-25-22)21-9-10-26-28-21/h3-10,13-14,23H,11-12,15-16H2,1-2H3,(H,26,28)/t23-/m1/s1. The molecule has 4 heterocycles. The monoisotopic (exact) mass is 414 g/mol. The molecule has 1 fully saturated rings. The van der Waals surface area contributed by atoms with Gasteiger partial charge in [-0.15, -0.1) is 0 Å². The highest BCUT2D eigenvalue weighted by molar-refractivity contribution is 5.81. The maximum absolute atomic E-state index is 6.06. The third-order valence-electron chi connectivity index (χ3n) is 5.68. The van der Waals surface area contributed by atoms with Gasteiger partial charge in [-0.1, -0.05) is 18.2 Å². The number of fused-ring (bicyclic) bond motifs is 1. The van der Waals surface area contributed by atoms with Crippen LogP contribution in [0.4, 0.5) is 5.82 Å². The fraction of sp³-hybridized carbons (Fsp3) is 0.292. The molecular weight excluding hydrogens is 388 g/mol. The van der Waals surface area contributed by atoms with Crippen LogP contribution in [0.1, 0.15) is 17.4 Å². The molecule has 0 radical (unpaired) electrons. The van der Waals surface area contributed by atoms with Crippen molar-refractivity contribution in [2.24, 2.45) is 0 Å². The molecule has 4 aromatic rings. The number of nitrogens with one attached hydrogen (secondary N) is 1. The lowest BCUT2D eigenvalue weighted by molar-refractivity contribution is -0.0349. The van der Waals surface area contributed by atoms with Crippen molar-refractivity contribution >= 4 is 16.7 Å². The van der Waals surface area contributed by atoms with Crippen molar-refractivity contribution in [2.45, 2.75) is 12.6 Å². The van der Waals surface area contributed by atoms with Crippen LogP contribution in [0.25, 0.3) is 22.2 Å². The predicted octanol–water partition coefficient (Wildman–Crippen LogP) is 3.66. The highest BCUT2D eigenvalue weighted by Gasteiger charge is 2.24. The van der Waals surface area contributed by atoms with Gasteiger partial charge < -0.3 is 9.64 Å². The molecule has 1 saturated heterocycles. The Morgan fingerprint density at radius 2 is 2.06 bits per heavy atom. The zero-order valence-electron chi connectivity index (χ0n) is 17.8. The van der Waals surface area contributed by atoms with Crippen molar-refractivity contribution in [2.75, 3.05) is 38.7 Å². The summed E-state index contributed by atoms with van der Waals surface area (Å²) in [6.45, 7) is 3.21. The number of rotatable bonds is 5.